The molecule has 2 aliphatic rings. The van der Waals surface area contributed by atoms with Crippen molar-refractivity contribution in [1.82, 2.24) is 0 Å². The molecule has 1 aromatic rings. The minimum absolute atomic E-state index is 0.737. The second kappa shape index (κ2) is 5.99. The van der Waals surface area contributed by atoms with E-state index in [1.165, 1.54) is 48.8 Å². The van der Waals surface area contributed by atoms with E-state index in [0.717, 1.165) is 29.6 Å². The monoisotopic (exact) mass is 282 g/mol. The third-order valence-electron chi connectivity index (χ3n) is 6.37. The van der Waals surface area contributed by atoms with Crippen molar-refractivity contribution < 1.29 is 0 Å². The highest BCUT2D eigenvalue weighted by Crippen LogP contribution is 2.52. The number of benzene rings is 1. The van der Waals surface area contributed by atoms with Crippen LogP contribution in [0.2, 0.25) is 0 Å². The summed E-state index contributed by atoms with van der Waals surface area (Å²) in [5.74, 6) is 4.35. The van der Waals surface area contributed by atoms with Gasteiger partial charge in [-0.05, 0) is 68.3 Å². The van der Waals surface area contributed by atoms with E-state index in [-0.39, 0.29) is 0 Å². The summed E-state index contributed by atoms with van der Waals surface area (Å²) in [5, 5.41) is 0. The van der Waals surface area contributed by atoms with Crippen LogP contribution in [0.4, 0.5) is 0 Å². The maximum Gasteiger partial charge on any atom is -0.0172 e. The van der Waals surface area contributed by atoms with Crippen LogP contribution in [-0.2, 0) is 6.42 Å². The Bertz CT molecular complexity index is 495. The molecule has 1 aromatic carbocycles. The van der Waals surface area contributed by atoms with E-state index in [9.17, 15) is 0 Å². The van der Waals surface area contributed by atoms with Gasteiger partial charge in [0.05, 0.1) is 0 Å². The first-order chi connectivity index (χ1) is 10.1. The average molecular weight is 282 g/mol. The first kappa shape index (κ1) is 14.9. The van der Waals surface area contributed by atoms with E-state index in [1.54, 1.807) is 0 Å². The predicted octanol–water partition coefficient (Wildman–Crippen LogP) is 5.80. The van der Waals surface area contributed by atoms with Crippen LogP contribution in [0.25, 0.3) is 0 Å². The third kappa shape index (κ3) is 2.96. The van der Waals surface area contributed by atoms with Crippen molar-refractivity contribution in [2.24, 2.45) is 29.6 Å². The van der Waals surface area contributed by atoms with Gasteiger partial charge in [-0.25, -0.2) is 0 Å². The van der Waals surface area contributed by atoms with Crippen molar-refractivity contribution in [2.45, 2.75) is 52.9 Å². The average Bonchev–Trinajstić information content (AvgIpc) is 2.92. The highest BCUT2D eigenvalue weighted by Gasteiger charge is 2.44. The SMILES string of the molecule is C=C(C)C1CC2CCCC2C(C)C1Cc1ccc(C)cc1. The fourth-order valence-corrected chi connectivity index (χ4v) is 5.13. The largest absolute Gasteiger partial charge is 0.0998 e. The number of fused-ring (bicyclic) bond motifs is 1. The van der Waals surface area contributed by atoms with Crippen molar-refractivity contribution in [1.29, 1.82) is 0 Å². The molecule has 114 valence electrons. The van der Waals surface area contributed by atoms with Gasteiger partial charge in [-0.2, -0.15) is 0 Å². The van der Waals surface area contributed by atoms with Crippen molar-refractivity contribution in [3.8, 4) is 0 Å². The fourth-order valence-electron chi connectivity index (χ4n) is 5.13. The molecule has 2 saturated carbocycles. The number of aryl methyl sites for hydroxylation is 1. The smallest absolute Gasteiger partial charge is 0.0172 e. The van der Waals surface area contributed by atoms with Crippen molar-refractivity contribution in [3.63, 3.8) is 0 Å². The summed E-state index contributed by atoms with van der Waals surface area (Å²) in [6.07, 6.45) is 7.04. The first-order valence-electron chi connectivity index (χ1n) is 8.77. The van der Waals surface area contributed by atoms with Crippen LogP contribution in [0.3, 0.4) is 0 Å². The predicted molar refractivity (Wildman–Crippen MR) is 91.3 cm³/mol. The molecule has 0 heteroatoms. The lowest BCUT2D eigenvalue weighted by Gasteiger charge is -2.44. The lowest BCUT2D eigenvalue weighted by atomic mass is 9.60. The van der Waals surface area contributed by atoms with Crippen molar-refractivity contribution in [3.05, 3.63) is 47.5 Å². The summed E-state index contributed by atoms with van der Waals surface area (Å²) in [7, 11) is 0. The highest BCUT2D eigenvalue weighted by molar-refractivity contribution is 5.22. The minimum Gasteiger partial charge on any atom is -0.0998 e. The molecule has 5 unspecified atom stereocenters. The molecule has 0 radical (unpaired) electrons. The molecule has 0 bridgehead atoms. The summed E-state index contributed by atoms with van der Waals surface area (Å²) in [5.41, 5.74) is 4.30. The van der Waals surface area contributed by atoms with Gasteiger partial charge in [0.1, 0.15) is 0 Å². The number of allylic oxidation sites excluding steroid dienone is 1. The maximum atomic E-state index is 4.33. The zero-order valence-corrected chi connectivity index (χ0v) is 13.9. The molecule has 0 spiro atoms. The lowest BCUT2D eigenvalue weighted by molar-refractivity contribution is 0.0820. The molecule has 0 saturated heterocycles. The van der Waals surface area contributed by atoms with Gasteiger partial charge in [0, 0.05) is 0 Å². The van der Waals surface area contributed by atoms with E-state index in [0.29, 0.717) is 0 Å². The van der Waals surface area contributed by atoms with Crippen LogP contribution in [-0.4, -0.2) is 0 Å². The number of hydrogen-bond donors (Lipinski definition) is 0. The fraction of sp³-hybridized carbons (Fsp3) is 0.619. The van der Waals surface area contributed by atoms with E-state index in [1.807, 2.05) is 0 Å². The minimum atomic E-state index is 0.737. The van der Waals surface area contributed by atoms with E-state index < -0.39 is 0 Å². The molecule has 0 aromatic heterocycles. The number of rotatable bonds is 3. The topological polar surface area (TPSA) is 0 Å². The second-order valence-corrected chi connectivity index (χ2v) is 7.76. The molecule has 0 heterocycles. The summed E-state index contributed by atoms with van der Waals surface area (Å²) in [4.78, 5) is 0. The van der Waals surface area contributed by atoms with Gasteiger partial charge < -0.3 is 0 Å². The number of hydrogen-bond acceptors (Lipinski definition) is 0. The Morgan fingerprint density at radius 3 is 2.57 bits per heavy atom. The molecule has 3 rings (SSSR count). The zero-order chi connectivity index (χ0) is 15.0. The van der Waals surface area contributed by atoms with E-state index >= 15 is 0 Å². The third-order valence-corrected chi connectivity index (χ3v) is 6.37. The van der Waals surface area contributed by atoms with Gasteiger partial charge >= 0.3 is 0 Å². The molecule has 21 heavy (non-hydrogen) atoms. The van der Waals surface area contributed by atoms with Crippen LogP contribution < -0.4 is 0 Å². The van der Waals surface area contributed by atoms with E-state index in [4.69, 9.17) is 0 Å². The molecule has 0 amide bonds. The Hall–Kier alpha value is -1.04. The van der Waals surface area contributed by atoms with Crippen LogP contribution in [0.5, 0.6) is 0 Å². The van der Waals surface area contributed by atoms with Crippen molar-refractivity contribution >= 4 is 0 Å². The van der Waals surface area contributed by atoms with Gasteiger partial charge in [0.2, 0.25) is 0 Å². The Morgan fingerprint density at radius 1 is 1.19 bits per heavy atom. The highest BCUT2D eigenvalue weighted by atomic mass is 14.5. The lowest BCUT2D eigenvalue weighted by Crippen LogP contribution is -2.38. The Balaban J connectivity index is 1.82. The summed E-state index contributed by atoms with van der Waals surface area (Å²) < 4.78 is 0. The summed E-state index contributed by atoms with van der Waals surface area (Å²) in [6, 6.07) is 9.19. The molecule has 2 aliphatic carbocycles. The Morgan fingerprint density at radius 2 is 1.90 bits per heavy atom. The van der Waals surface area contributed by atoms with Gasteiger partial charge in [-0.15, -0.1) is 0 Å². The second-order valence-electron chi connectivity index (χ2n) is 7.76. The van der Waals surface area contributed by atoms with Crippen molar-refractivity contribution in [2.75, 3.05) is 0 Å². The summed E-state index contributed by atoms with van der Waals surface area (Å²) in [6.45, 7) is 11.3. The van der Waals surface area contributed by atoms with Gasteiger partial charge in [0.15, 0.2) is 0 Å². The Labute approximate surface area is 130 Å². The van der Waals surface area contributed by atoms with Crippen LogP contribution in [0.1, 0.15) is 50.7 Å². The first-order valence-corrected chi connectivity index (χ1v) is 8.77. The molecule has 2 fully saturated rings. The van der Waals surface area contributed by atoms with E-state index in [2.05, 4.69) is 51.6 Å². The van der Waals surface area contributed by atoms with Gasteiger partial charge in [-0.3, -0.25) is 0 Å². The summed E-state index contributed by atoms with van der Waals surface area (Å²) >= 11 is 0. The molecular weight excluding hydrogens is 252 g/mol. The quantitative estimate of drug-likeness (QED) is 0.614. The Kier molecular flexibility index (Phi) is 4.24. The molecule has 0 nitrogen and oxygen atoms in total. The molecule has 5 atom stereocenters. The van der Waals surface area contributed by atoms with Crippen LogP contribution in [0, 0.1) is 36.5 Å². The molecular formula is C21H30. The van der Waals surface area contributed by atoms with Gasteiger partial charge in [0.25, 0.3) is 0 Å². The normalized spacial score (nSPS) is 35.5. The van der Waals surface area contributed by atoms with Crippen LogP contribution in [0.15, 0.2) is 36.4 Å². The standard InChI is InChI=1S/C21H30/c1-14(2)20-13-18-6-5-7-19(18)16(4)21(20)12-17-10-8-15(3)9-11-17/h8-11,16,18-21H,1,5-7,12-13H2,2-4H3. The van der Waals surface area contributed by atoms with Gasteiger partial charge in [-0.1, -0.05) is 61.7 Å². The zero-order valence-electron chi connectivity index (χ0n) is 13.9. The maximum absolute atomic E-state index is 4.33. The van der Waals surface area contributed by atoms with Crippen LogP contribution >= 0.6 is 0 Å². The molecule has 0 aliphatic heterocycles. The molecule has 0 N–H and O–H groups in total.